The van der Waals surface area contributed by atoms with Crippen LogP contribution in [0.25, 0.3) is 98.6 Å². The molecule has 2 aromatic heterocycles. The standard InChI is InChI=1S/C52H34N2S/c1-4-15-35(16-5-1)38-21-13-25-42(30-38)50-49-47-27-10-11-28-48(47)55-52(49)54-51(53-50)43-26-14-23-40(31-43)39-22-12-24-41(29-39)46-33-44(36-17-6-2-7-18-36)32-45(34-46)37-19-8-3-9-20-37/h1-34H. The second kappa shape index (κ2) is 14.1. The normalized spacial score (nSPS) is 11.3. The predicted octanol–water partition coefficient (Wildman–Crippen LogP) is 14.5. The van der Waals surface area contributed by atoms with E-state index in [1.807, 2.05) is 0 Å². The van der Waals surface area contributed by atoms with Crippen LogP contribution in [0.2, 0.25) is 0 Å². The molecule has 10 rings (SSSR count). The van der Waals surface area contributed by atoms with Crippen molar-refractivity contribution in [2.45, 2.75) is 0 Å². The fourth-order valence-corrected chi connectivity index (χ4v) is 8.62. The van der Waals surface area contributed by atoms with Gasteiger partial charge in [-0.05, 0) is 98.1 Å². The Morgan fingerprint density at radius 1 is 0.291 bits per heavy atom. The van der Waals surface area contributed by atoms with E-state index in [-0.39, 0.29) is 0 Å². The maximum Gasteiger partial charge on any atom is 0.161 e. The minimum Gasteiger partial charge on any atom is -0.227 e. The molecular weight excluding hydrogens is 685 g/mol. The third kappa shape index (κ3) is 6.41. The highest BCUT2D eigenvalue weighted by molar-refractivity contribution is 7.25. The molecule has 0 radical (unpaired) electrons. The topological polar surface area (TPSA) is 25.8 Å². The maximum absolute atomic E-state index is 5.37. The van der Waals surface area contributed by atoms with Gasteiger partial charge in [0.2, 0.25) is 0 Å². The SMILES string of the molecule is c1ccc(-c2cc(-c3ccccc3)cc(-c3cccc(-c4cccc(-c5nc(-c6cccc(-c7ccccc7)c6)c6c(n5)sc5ccccc56)c4)c3)c2)cc1. The second-order valence-corrected chi connectivity index (χ2v) is 14.8. The first-order valence-corrected chi connectivity index (χ1v) is 19.4. The Morgan fingerprint density at radius 2 is 0.673 bits per heavy atom. The largest absolute Gasteiger partial charge is 0.227 e. The molecule has 0 aliphatic carbocycles. The van der Waals surface area contributed by atoms with Crippen molar-refractivity contribution in [3.63, 3.8) is 0 Å². The lowest BCUT2D eigenvalue weighted by molar-refractivity contribution is 1.24. The van der Waals surface area contributed by atoms with Crippen LogP contribution < -0.4 is 0 Å². The summed E-state index contributed by atoms with van der Waals surface area (Å²) in [6.45, 7) is 0. The number of hydrogen-bond acceptors (Lipinski definition) is 3. The molecule has 0 N–H and O–H groups in total. The van der Waals surface area contributed by atoms with Crippen LogP contribution in [0, 0.1) is 0 Å². The van der Waals surface area contributed by atoms with Crippen molar-refractivity contribution in [2.24, 2.45) is 0 Å². The van der Waals surface area contributed by atoms with E-state index >= 15 is 0 Å². The molecule has 0 saturated heterocycles. The van der Waals surface area contributed by atoms with Crippen LogP contribution in [0.4, 0.5) is 0 Å². The zero-order valence-electron chi connectivity index (χ0n) is 29.9. The van der Waals surface area contributed by atoms with Crippen molar-refractivity contribution in [2.75, 3.05) is 0 Å². The summed E-state index contributed by atoms with van der Waals surface area (Å²) in [5, 5.41) is 2.29. The zero-order chi connectivity index (χ0) is 36.6. The van der Waals surface area contributed by atoms with Gasteiger partial charge in [-0.25, -0.2) is 9.97 Å². The second-order valence-electron chi connectivity index (χ2n) is 13.8. The van der Waals surface area contributed by atoms with Crippen molar-refractivity contribution in [3.8, 4) is 78.3 Å². The fourth-order valence-electron chi connectivity index (χ4n) is 7.54. The van der Waals surface area contributed by atoms with Gasteiger partial charge in [0.15, 0.2) is 5.82 Å². The minimum atomic E-state index is 0.722. The molecule has 0 amide bonds. The first kappa shape index (κ1) is 32.7. The number of benzene rings is 8. The van der Waals surface area contributed by atoms with Gasteiger partial charge in [0.05, 0.1) is 5.69 Å². The van der Waals surface area contributed by atoms with Crippen molar-refractivity contribution in [3.05, 3.63) is 206 Å². The van der Waals surface area contributed by atoms with E-state index in [2.05, 4.69) is 206 Å². The summed E-state index contributed by atoms with van der Waals surface area (Å²) in [5.41, 5.74) is 14.8. The van der Waals surface area contributed by atoms with Gasteiger partial charge in [-0.3, -0.25) is 0 Å². The van der Waals surface area contributed by atoms with E-state index in [0.717, 1.165) is 49.6 Å². The molecule has 10 aromatic rings. The molecule has 55 heavy (non-hydrogen) atoms. The van der Waals surface area contributed by atoms with E-state index in [1.54, 1.807) is 11.3 Å². The van der Waals surface area contributed by atoms with Crippen LogP contribution in [-0.4, -0.2) is 9.97 Å². The molecule has 8 aromatic carbocycles. The lowest BCUT2D eigenvalue weighted by Gasteiger charge is -2.13. The van der Waals surface area contributed by atoms with Crippen molar-refractivity contribution >= 4 is 31.6 Å². The minimum absolute atomic E-state index is 0.722. The number of rotatable bonds is 7. The Hall–Kier alpha value is -6.94. The first-order valence-electron chi connectivity index (χ1n) is 18.6. The van der Waals surface area contributed by atoms with Gasteiger partial charge in [0.25, 0.3) is 0 Å². The third-order valence-electron chi connectivity index (χ3n) is 10.3. The summed E-state index contributed by atoms with van der Waals surface area (Å²) < 4.78 is 1.21. The van der Waals surface area contributed by atoms with Crippen LogP contribution in [-0.2, 0) is 0 Å². The molecule has 0 atom stereocenters. The summed E-state index contributed by atoms with van der Waals surface area (Å²) in [6, 6.07) is 73.5. The van der Waals surface area contributed by atoms with Gasteiger partial charge >= 0.3 is 0 Å². The molecule has 0 saturated carbocycles. The maximum atomic E-state index is 5.37. The lowest BCUT2D eigenvalue weighted by atomic mass is 9.92. The van der Waals surface area contributed by atoms with Crippen LogP contribution >= 0.6 is 11.3 Å². The number of hydrogen-bond donors (Lipinski definition) is 0. The predicted molar refractivity (Wildman–Crippen MR) is 233 cm³/mol. The molecule has 0 spiro atoms. The van der Waals surface area contributed by atoms with E-state index in [1.165, 1.54) is 49.0 Å². The van der Waals surface area contributed by atoms with Crippen LogP contribution in [0.15, 0.2) is 206 Å². The van der Waals surface area contributed by atoms with Crippen molar-refractivity contribution in [1.29, 1.82) is 0 Å². The fraction of sp³-hybridized carbons (Fsp3) is 0. The summed E-state index contributed by atoms with van der Waals surface area (Å²) in [6.07, 6.45) is 0. The van der Waals surface area contributed by atoms with Gasteiger partial charge < -0.3 is 0 Å². The number of thiophene rings is 1. The van der Waals surface area contributed by atoms with Gasteiger partial charge in [-0.2, -0.15) is 0 Å². The Balaban J connectivity index is 1.08. The van der Waals surface area contributed by atoms with Crippen molar-refractivity contribution in [1.82, 2.24) is 9.97 Å². The summed E-state index contributed by atoms with van der Waals surface area (Å²) >= 11 is 1.73. The van der Waals surface area contributed by atoms with E-state index in [0.29, 0.717) is 0 Å². The summed E-state index contributed by atoms with van der Waals surface area (Å²) in [7, 11) is 0. The molecule has 0 aliphatic heterocycles. The average Bonchev–Trinajstić information content (AvgIpc) is 3.66. The third-order valence-corrected chi connectivity index (χ3v) is 11.3. The highest BCUT2D eigenvalue weighted by Gasteiger charge is 2.18. The van der Waals surface area contributed by atoms with Crippen LogP contribution in [0.1, 0.15) is 0 Å². The van der Waals surface area contributed by atoms with E-state index in [4.69, 9.17) is 9.97 Å². The summed E-state index contributed by atoms with van der Waals surface area (Å²) in [4.78, 5) is 11.6. The smallest absolute Gasteiger partial charge is 0.161 e. The first-order chi connectivity index (χ1) is 27.2. The molecule has 3 heteroatoms. The number of fused-ring (bicyclic) bond motifs is 3. The monoisotopic (exact) mass is 718 g/mol. The Morgan fingerprint density at radius 3 is 1.27 bits per heavy atom. The van der Waals surface area contributed by atoms with Gasteiger partial charge in [-0.1, -0.05) is 164 Å². The molecule has 0 unspecified atom stereocenters. The molecule has 0 aliphatic rings. The van der Waals surface area contributed by atoms with E-state index in [9.17, 15) is 0 Å². The number of nitrogens with zero attached hydrogens (tertiary/aromatic N) is 2. The zero-order valence-corrected chi connectivity index (χ0v) is 30.7. The van der Waals surface area contributed by atoms with Gasteiger partial charge in [-0.15, -0.1) is 11.3 Å². The molecule has 258 valence electrons. The van der Waals surface area contributed by atoms with Crippen LogP contribution in [0.3, 0.4) is 0 Å². The Labute approximate surface area is 324 Å². The highest BCUT2D eigenvalue weighted by Crippen LogP contribution is 2.41. The molecule has 2 nitrogen and oxygen atoms in total. The van der Waals surface area contributed by atoms with Crippen LogP contribution in [0.5, 0.6) is 0 Å². The lowest BCUT2D eigenvalue weighted by Crippen LogP contribution is -1.94. The van der Waals surface area contributed by atoms with Crippen molar-refractivity contribution < 1.29 is 0 Å². The molecule has 0 bridgehead atoms. The Bertz CT molecular complexity index is 2910. The average molecular weight is 719 g/mol. The number of aromatic nitrogens is 2. The van der Waals surface area contributed by atoms with E-state index < -0.39 is 0 Å². The molecule has 0 fully saturated rings. The highest BCUT2D eigenvalue weighted by atomic mass is 32.1. The van der Waals surface area contributed by atoms with Gasteiger partial charge in [0, 0.05) is 26.6 Å². The quantitative estimate of drug-likeness (QED) is 0.164. The summed E-state index contributed by atoms with van der Waals surface area (Å²) in [5.74, 6) is 0.722. The molecular formula is C52H34N2S. The van der Waals surface area contributed by atoms with Gasteiger partial charge in [0.1, 0.15) is 4.83 Å². The molecule has 2 heterocycles. The Kier molecular flexibility index (Phi) is 8.40.